The lowest BCUT2D eigenvalue weighted by molar-refractivity contribution is 0.707. The van der Waals surface area contributed by atoms with Gasteiger partial charge in [-0.2, -0.15) is 0 Å². The molecular weight excluding hydrogens is 180 g/mol. The number of nitrogens with two attached hydrogens (primary N) is 1. The normalized spacial score (nSPS) is 12.8. The number of nitrogens with zero attached hydrogens (tertiary/aromatic N) is 1. The van der Waals surface area contributed by atoms with Gasteiger partial charge in [-0.1, -0.05) is 19.1 Å². The first-order chi connectivity index (χ1) is 6.15. The molecule has 3 heteroatoms. The largest absolute Gasteiger partial charge is 0.323 e. The Morgan fingerprint density at radius 2 is 2.46 bits per heavy atom. The molecule has 0 aromatic carbocycles. The Balaban J connectivity index is 2.63. The van der Waals surface area contributed by atoms with E-state index in [1.165, 1.54) is 10.5 Å². The van der Waals surface area contributed by atoms with E-state index in [9.17, 15) is 0 Å². The molecule has 0 aliphatic heterocycles. The molecule has 0 saturated carbocycles. The molecule has 0 saturated heterocycles. The van der Waals surface area contributed by atoms with Crippen LogP contribution in [0.4, 0.5) is 0 Å². The molecule has 1 unspecified atom stereocenters. The molecule has 1 rings (SSSR count). The average Bonchev–Trinajstić information content (AvgIpc) is 2.51. The summed E-state index contributed by atoms with van der Waals surface area (Å²) < 4.78 is 0. The molecule has 0 fully saturated rings. The molecule has 1 atom stereocenters. The van der Waals surface area contributed by atoms with E-state index in [4.69, 9.17) is 5.73 Å². The van der Waals surface area contributed by atoms with Gasteiger partial charge in [0.15, 0.2) is 0 Å². The second-order valence-corrected chi connectivity index (χ2v) is 4.10. The van der Waals surface area contributed by atoms with E-state index in [1.807, 2.05) is 12.4 Å². The SMILES string of the molecule is C=C(CC)CC(N)c1scnc1C. The van der Waals surface area contributed by atoms with Gasteiger partial charge in [-0.3, -0.25) is 0 Å². The summed E-state index contributed by atoms with van der Waals surface area (Å²) in [6, 6.07) is 0.0833. The monoisotopic (exact) mass is 196 g/mol. The Labute approximate surface area is 83.5 Å². The lowest BCUT2D eigenvalue weighted by Gasteiger charge is -2.10. The van der Waals surface area contributed by atoms with Crippen LogP contribution in [0, 0.1) is 6.92 Å². The summed E-state index contributed by atoms with van der Waals surface area (Å²) in [5.41, 5.74) is 10.1. The highest BCUT2D eigenvalue weighted by atomic mass is 32.1. The van der Waals surface area contributed by atoms with Crippen LogP contribution in [-0.2, 0) is 0 Å². The van der Waals surface area contributed by atoms with Gasteiger partial charge in [-0.25, -0.2) is 4.98 Å². The van der Waals surface area contributed by atoms with E-state index in [2.05, 4.69) is 18.5 Å². The number of aryl methyl sites for hydroxylation is 1. The van der Waals surface area contributed by atoms with Crippen LogP contribution < -0.4 is 5.73 Å². The molecule has 2 N–H and O–H groups in total. The molecule has 1 aromatic rings. The first kappa shape index (κ1) is 10.4. The highest BCUT2D eigenvalue weighted by molar-refractivity contribution is 7.09. The van der Waals surface area contributed by atoms with Crippen molar-refractivity contribution in [3.05, 3.63) is 28.2 Å². The molecule has 0 aliphatic rings. The smallest absolute Gasteiger partial charge is 0.0798 e. The lowest BCUT2D eigenvalue weighted by atomic mass is 10.0. The van der Waals surface area contributed by atoms with Gasteiger partial charge in [-0.05, 0) is 19.8 Å². The van der Waals surface area contributed by atoms with E-state index < -0.39 is 0 Å². The topological polar surface area (TPSA) is 38.9 Å². The van der Waals surface area contributed by atoms with E-state index in [0.29, 0.717) is 0 Å². The third-order valence-corrected chi connectivity index (χ3v) is 3.19. The zero-order chi connectivity index (χ0) is 9.84. The van der Waals surface area contributed by atoms with Gasteiger partial charge in [0, 0.05) is 10.9 Å². The van der Waals surface area contributed by atoms with Crippen molar-refractivity contribution < 1.29 is 0 Å². The molecule has 72 valence electrons. The van der Waals surface area contributed by atoms with Gasteiger partial charge in [0.2, 0.25) is 0 Å². The number of hydrogen-bond acceptors (Lipinski definition) is 3. The minimum absolute atomic E-state index is 0.0833. The molecule has 1 aromatic heterocycles. The van der Waals surface area contributed by atoms with Gasteiger partial charge in [0.25, 0.3) is 0 Å². The van der Waals surface area contributed by atoms with Gasteiger partial charge < -0.3 is 5.73 Å². The summed E-state index contributed by atoms with van der Waals surface area (Å²) in [6.07, 6.45) is 1.88. The summed E-state index contributed by atoms with van der Waals surface area (Å²) in [5.74, 6) is 0. The van der Waals surface area contributed by atoms with Crippen LogP contribution >= 0.6 is 11.3 Å². The Morgan fingerprint density at radius 3 is 2.92 bits per heavy atom. The minimum atomic E-state index is 0.0833. The van der Waals surface area contributed by atoms with E-state index in [-0.39, 0.29) is 6.04 Å². The van der Waals surface area contributed by atoms with Crippen LogP contribution in [0.25, 0.3) is 0 Å². The van der Waals surface area contributed by atoms with E-state index in [0.717, 1.165) is 18.5 Å². The summed E-state index contributed by atoms with van der Waals surface area (Å²) in [4.78, 5) is 5.37. The van der Waals surface area contributed by atoms with Gasteiger partial charge in [0.05, 0.1) is 11.2 Å². The number of rotatable bonds is 4. The zero-order valence-corrected chi connectivity index (χ0v) is 9.03. The van der Waals surface area contributed by atoms with Crippen LogP contribution in [0.1, 0.15) is 36.4 Å². The van der Waals surface area contributed by atoms with Crippen LogP contribution in [0.15, 0.2) is 17.7 Å². The lowest BCUT2D eigenvalue weighted by Crippen LogP contribution is -2.10. The second-order valence-electron chi connectivity index (χ2n) is 3.22. The van der Waals surface area contributed by atoms with E-state index in [1.54, 1.807) is 11.3 Å². The fraction of sp³-hybridized carbons (Fsp3) is 0.500. The van der Waals surface area contributed by atoms with Crippen molar-refractivity contribution in [3.8, 4) is 0 Å². The van der Waals surface area contributed by atoms with Crippen molar-refractivity contribution in [2.75, 3.05) is 0 Å². The molecule has 0 bridgehead atoms. The Kier molecular flexibility index (Phi) is 3.63. The van der Waals surface area contributed by atoms with Gasteiger partial charge in [0.1, 0.15) is 0 Å². The van der Waals surface area contributed by atoms with Gasteiger partial charge in [-0.15, -0.1) is 11.3 Å². The summed E-state index contributed by atoms with van der Waals surface area (Å²) >= 11 is 1.63. The molecule has 0 radical (unpaired) electrons. The maximum Gasteiger partial charge on any atom is 0.0798 e. The third-order valence-electron chi connectivity index (χ3n) is 2.13. The highest BCUT2D eigenvalue weighted by Gasteiger charge is 2.11. The number of thiazole rings is 1. The van der Waals surface area contributed by atoms with Crippen molar-refractivity contribution in [2.45, 2.75) is 32.7 Å². The molecule has 0 aliphatic carbocycles. The van der Waals surface area contributed by atoms with Crippen LogP contribution in [-0.4, -0.2) is 4.98 Å². The first-order valence-electron chi connectivity index (χ1n) is 4.47. The maximum atomic E-state index is 6.03. The van der Waals surface area contributed by atoms with Crippen molar-refractivity contribution in [2.24, 2.45) is 5.73 Å². The summed E-state index contributed by atoms with van der Waals surface area (Å²) in [5, 5.41) is 0. The van der Waals surface area contributed by atoms with E-state index >= 15 is 0 Å². The standard InChI is InChI=1S/C10H16N2S/c1-4-7(2)5-9(11)10-8(3)12-6-13-10/h6,9H,2,4-5,11H2,1,3H3. The fourth-order valence-corrected chi connectivity index (χ4v) is 2.02. The van der Waals surface area contributed by atoms with Crippen LogP contribution in [0.5, 0.6) is 0 Å². The number of hydrogen-bond donors (Lipinski definition) is 1. The molecule has 13 heavy (non-hydrogen) atoms. The van der Waals surface area contributed by atoms with Crippen molar-refractivity contribution in [3.63, 3.8) is 0 Å². The Hall–Kier alpha value is -0.670. The molecule has 1 heterocycles. The Bertz CT molecular complexity index is 291. The number of aromatic nitrogens is 1. The molecule has 2 nitrogen and oxygen atoms in total. The predicted octanol–water partition coefficient (Wildman–Crippen LogP) is 2.81. The third kappa shape index (κ3) is 2.64. The summed E-state index contributed by atoms with van der Waals surface area (Å²) in [7, 11) is 0. The van der Waals surface area contributed by atoms with Crippen LogP contribution in [0.3, 0.4) is 0 Å². The van der Waals surface area contributed by atoms with Crippen molar-refractivity contribution >= 4 is 11.3 Å². The molecular formula is C10H16N2S. The quantitative estimate of drug-likeness (QED) is 0.752. The van der Waals surface area contributed by atoms with Crippen LogP contribution in [0.2, 0.25) is 0 Å². The average molecular weight is 196 g/mol. The second kappa shape index (κ2) is 4.53. The van der Waals surface area contributed by atoms with Gasteiger partial charge >= 0.3 is 0 Å². The summed E-state index contributed by atoms with van der Waals surface area (Å²) in [6.45, 7) is 8.06. The molecule has 0 amide bonds. The Morgan fingerprint density at radius 1 is 1.77 bits per heavy atom. The highest BCUT2D eigenvalue weighted by Crippen LogP contribution is 2.25. The van der Waals surface area contributed by atoms with Crippen molar-refractivity contribution in [1.29, 1.82) is 0 Å². The minimum Gasteiger partial charge on any atom is -0.323 e. The fourth-order valence-electron chi connectivity index (χ4n) is 1.21. The maximum absolute atomic E-state index is 6.03. The predicted molar refractivity (Wildman–Crippen MR) is 57.8 cm³/mol. The first-order valence-corrected chi connectivity index (χ1v) is 5.35. The molecule has 0 spiro atoms. The van der Waals surface area contributed by atoms with Crippen molar-refractivity contribution in [1.82, 2.24) is 4.98 Å². The zero-order valence-electron chi connectivity index (χ0n) is 8.21.